The minimum absolute atomic E-state index is 0.139. The second kappa shape index (κ2) is 6.33. The van der Waals surface area contributed by atoms with Crippen molar-refractivity contribution in [1.29, 1.82) is 0 Å². The molecule has 0 amide bonds. The summed E-state index contributed by atoms with van der Waals surface area (Å²) in [7, 11) is -10.3. The number of primary sulfonamides is 1. The molecule has 0 aliphatic carbocycles. The third-order valence-corrected chi connectivity index (χ3v) is 9.18. The van der Waals surface area contributed by atoms with Gasteiger partial charge in [-0.1, -0.05) is 0 Å². The fraction of sp³-hybridized carbons (Fsp3) is 0.600. The van der Waals surface area contributed by atoms with Gasteiger partial charge in [0.1, 0.15) is 8.42 Å². The molecule has 0 saturated carbocycles. The van der Waals surface area contributed by atoms with Crippen molar-refractivity contribution in [3.63, 3.8) is 0 Å². The van der Waals surface area contributed by atoms with Crippen molar-refractivity contribution in [2.24, 2.45) is 5.14 Å². The number of thiophene rings is 1. The summed E-state index contributed by atoms with van der Waals surface area (Å²) in [6.07, 6.45) is 0. The summed E-state index contributed by atoms with van der Waals surface area (Å²) in [5, 5.41) is 92.3. The van der Waals surface area contributed by atoms with Gasteiger partial charge in [-0.2, -0.15) is 0 Å². The molecule has 162 valence electrons. The number of hydrogen-bond acceptors (Lipinski definition) is 15. The maximum atomic E-state index is 12.6. The van der Waals surface area contributed by atoms with Crippen LogP contribution in [-0.2, 0) is 19.9 Å². The van der Waals surface area contributed by atoms with E-state index in [2.05, 4.69) is 0 Å². The monoisotopic (exact) mass is 468 g/mol. The summed E-state index contributed by atoms with van der Waals surface area (Å²) in [6.45, 7) is -1.36. The number of fused-ring (bicyclic) bond motifs is 1. The summed E-state index contributed by atoms with van der Waals surface area (Å²) in [6, 6.07) is -1.91. The van der Waals surface area contributed by atoms with Gasteiger partial charge < -0.3 is 46.0 Å². The molecule has 0 aromatic carbocycles. The second-order valence-electron chi connectivity index (χ2n) is 5.95. The van der Waals surface area contributed by atoms with E-state index >= 15 is 0 Å². The molecule has 0 fully saturated rings. The lowest BCUT2D eigenvalue weighted by Gasteiger charge is -2.49. The van der Waals surface area contributed by atoms with Crippen molar-refractivity contribution in [3.05, 3.63) is 11.6 Å². The van der Waals surface area contributed by atoms with E-state index < -0.39 is 69.1 Å². The minimum atomic E-state index is -5.70. The minimum Gasteiger partial charge on any atom is -0.364 e. The Labute approximate surface area is 160 Å². The smallest absolute Gasteiger partial charge is 0.327 e. The summed E-state index contributed by atoms with van der Waals surface area (Å²) in [5.41, 5.74) is -0.822. The first-order valence-corrected chi connectivity index (χ1v) is 10.7. The van der Waals surface area contributed by atoms with Crippen LogP contribution in [0.2, 0.25) is 0 Å². The Kier molecular flexibility index (Phi) is 5.30. The van der Waals surface area contributed by atoms with E-state index in [1.54, 1.807) is 5.32 Å². The lowest BCUT2D eigenvalue weighted by molar-refractivity contribution is -0.427. The predicted octanol–water partition coefficient (Wildman–Crippen LogP) is -6.56. The van der Waals surface area contributed by atoms with Crippen LogP contribution >= 0.6 is 11.3 Å². The molecule has 2 unspecified atom stereocenters. The number of nitrogens with one attached hydrogen (secondary N) is 1. The van der Waals surface area contributed by atoms with Crippen molar-refractivity contribution in [1.82, 2.24) is 5.32 Å². The van der Waals surface area contributed by atoms with E-state index in [1.165, 1.54) is 0 Å². The highest BCUT2D eigenvalue weighted by Crippen LogP contribution is 2.53. The molecule has 2 heterocycles. The van der Waals surface area contributed by atoms with Gasteiger partial charge in [0, 0.05) is 5.56 Å². The van der Waals surface area contributed by atoms with Gasteiger partial charge in [0.05, 0.1) is 12.6 Å². The van der Waals surface area contributed by atoms with Crippen molar-refractivity contribution < 1.29 is 62.8 Å². The lowest BCUT2D eigenvalue weighted by atomic mass is 9.93. The van der Waals surface area contributed by atoms with Gasteiger partial charge in [-0.15, -0.1) is 11.3 Å². The topological polar surface area (TPSA) is 288 Å². The van der Waals surface area contributed by atoms with Crippen LogP contribution < -0.4 is 10.5 Å². The molecule has 0 spiro atoms. The first-order chi connectivity index (χ1) is 12.2. The molecule has 2 rings (SSSR count). The lowest BCUT2D eigenvalue weighted by Crippen LogP contribution is -2.76. The second-order valence-corrected chi connectivity index (χ2v) is 11.1. The Morgan fingerprint density at radius 2 is 1.64 bits per heavy atom. The van der Waals surface area contributed by atoms with E-state index in [9.17, 15) is 47.5 Å². The van der Waals surface area contributed by atoms with Crippen LogP contribution in [0.3, 0.4) is 0 Å². The molecule has 1 aromatic heterocycles. The molecular formula is C10H16N2O13S3. The van der Waals surface area contributed by atoms with Gasteiger partial charge in [-0.3, -0.25) is 5.32 Å². The van der Waals surface area contributed by atoms with Crippen LogP contribution in [0.4, 0.5) is 0 Å². The molecule has 0 saturated heterocycles. The summed E-state index contributed by atoms with van der Waals surface area (Å²) >= 11 is -0.139. The average molecular weight is 468 g/mol. The van der Waals surface area contributed by atoms with Crippen LogP contribution in [0.25, 0.3) is 0 Å². The molecule has 1 aliphatic rings. The van der Waals surface area contributed by atoms with Gasteiger partial charge in [0.25, 0.3) is 5.97 Å². The third kappa shape index (κ3) is 3.36. The van der Waals surface area contributed by atoms with Gasteiger partial charge in [-0.05, 0) is 6.07 Å². The third-order valence-electron chi connectivity index (χ3n) is 3.83. The highest BCUT2D eigenvalue weighted by molar-refractivity contribution is 7.96. The van der Waals surface area contributed by atoms with Gasteiger partial charge >= 0.3 is 10.9 Å². The van der Waals surface area contributed by atoms with Crippen molar-refractivity contribution in [3.8, 4) is 0 Å². The van der Waals surface area contributed by atoms with Crippen LogP contribution in [0.5, 0.6) is 0 Å². The van der Waals surface area contributed by atoms with E-state index in [4.69, 9.17) is 20.5 Å². The van der Waals surface area contributed by atoms with Crippen molar-refractivity contribution in [2.45, 2.75) is 37.1 Å². The Morgan fingerprint density at radius 1 is 1.14 bits per heavy atom. The largest absolute Gasteiger partial charge is 0.364 e. The fourth-order valence-electron chi connectivity index (χ4n) is 2.58. The van der Waals surface area contributed by atoms with Crippen molar-refractivity contribution >= 4 is 31.2 Å². The maximum absolute atomic E-state index is 12.6. The number of rotatable bonds is 5. The molecule has 12 N–H and O–H groups in total. The molecule has 28 heavy (non-hydrogen) atoms. The SMILES string of the molecule is NS(=O)(=O)c1cc2c(s1)S(=O)(=O)C(O)(C(O)(O)O)C(O)(O)C2NCC(O)(O)O. The number of nitrogens with two attached hydrogens (primary N) is 1. The average Bonchev–Trinajstić information content (AvgIpc) is 2.88. The Bertz CT molecular complexity index is 985. The normalized spacial score (nSPS) is 27.4. The molecule has 0 bridgehead atoms. The summed E-state index contributed by atoms with van der Waals surface area (Å²) < 4.78 is 46.2. The quantitative estimate of drug-likeness (QED) is 0.179. The van der Waals surface area contributed by atoms with Crippen LogP contribution in [0.1, 0.15) is 11.6 Å². The summed E-state index contributed by atoms with van der Waals surface area (Å²) in [5.74, 6) is -12.5. The molecule has 1 aromatic rings. The van der Waals surface area contributed by atoms with Crippen LogP contribution in [-0.4, -0.2) is 92.0 Å². The Hall–Kier alpha value is -0.840. The zero-order valence-corrected chi connectivity index (χ0v) is 15.8. The zero-order valence-electron chi connectivity index (χ0n) is 13.3. The number of aliphatic hydroxyl groups is 9. The standard InChI is InChI=1S/C10H16N2O13S3/c11-28(24,25)4-1-3-5(12-2-7(13,14)15)8(16,17)9(18,10(19,20)21)27(22,23)6(3)26-4/h1,5,12-21H,2H2,(H2,11,24,25). The van der Waals surface area contributed by atoms with Gasteiger partial charge in [-0.25, -0.2) is 22.0 Å². The number of hydrogen-bond donors (Lipinski definition) is 11. The molecule has 2 atom stereocenters. The summed E-state index contributed by atoms with van der Waals surface area (Å²) in [4.78, 5) is -4.60. The van der Waals surface area contributed by atoms with E-state index in [-0.39, 0.29) is 11.3 Å². The Balaban J connectivity index is 2.88. The fourth-order valence-corrected chi connectivity index (χ4v) is 7.11. The van der Waals surface area contributed by atoms with E-state index in [0.29, 0.717) is 6.07 Å². The first-order valence-electron chi connectivity index (χ1n) is 6.84. The van der Waals surface area contributed by atoms with Crippen molar-refractivity contribution in [2.75, 3.05) is 6.54 Å². The van der Waals surface area contributed by atoms with Crippen LogP contribution in [0.15, 0.2) is 14.5 Å². The van der Waals surface area contributed by atoms with Gasteiger partial charge in [0.2, 0.25) is 25.6 Å². The molecule has 0 radical (unpaired) electrons. The number of sulfonamides is 1. The Morgan fingerprint density at radius 3 is 2.04 bits per heavy atom. The zero-order chi connectivity index (χ0) is 22.1. The van der Waals surface area contributed by atoms with E-state index in [1.807, 2.05) is 0 Å². The van der Waals surface area contributed by atoms with Gasteiger partial charge in [0.15, 0.2) is 0 Å². The molecule has 1 aliphatic heterocycles. The predicted molar refractivity (Wildman–Crippen MR) is 84.5 cm³/mol. The highest BCUT2D eigenvalue weighted by Gasteiger charge is 2.76. The highest BCUT2D eigenvalue weighted by atomic mass is 32.3. The number of sulfone groups is 1. The van der Waals surface area contributed by atoms with E-state index in [0.717, 1.165) is 0 Å². The molecule has 18 heteroatoms. The molecular weight excluding hydrogens is 452 g/mol. The van der Waals surface area contributed by atoms with Crippen LogP contribution in [0, 0.1) is 0 Å². The first kappa shape index (κ1) is 23.4. The maximum Gasteiger partial charge on any atom is 0.327 e. The molecule has 15 nitrogen and oxygen atoms in total.